The number of rotatable bonds is 2. The minimum atomic E-state index is -0.608. The van der Waals surface area contributed by atoms with E-state index in [4.69, 9.17) is 0 Å². The van der Waals surface area contributed by atoms with Gasteiger partial charge < -0.3 is 4.90 Å². The lowest BCUT2D eigenvalue weighted by Crippen LogP contribution is -2.41. The Hall–Kier alpha value is -1.45. The zero-order valence-electron chi connectivity index (χ0n) is 8.61. The third-order valence-electron chi connectivity index (χ3n) is 2.88. The molecule has 80 valence electrons. The van der Waals surface area contributed by atoms with Crippen molar-refractivity contribution in [3.8, 4) is 0 Å². The quantitative estimate of drug-likeness (QED) is 0.695. The summed E-state index contributed by atoms with van der Waals surface area (Å²) in [6, 6.07) is 4.59. The highest BCUT2D eigenvalue weighted by atomic mass is 19.1. The molecule has 0 spiro atoms. The molecule has 0 radical (unpaired) electrons. The molecule has 0 unspecified atom stereocenters. The molecule has 1 heterocycles. The van der Waals surface area contributed by atoms with Crippen molar-refractivity contribution in [1.82, 2.24) is 9.88 Å². The van der Waals surface area contributed by atoms with Crippen molar-refractivity contribution < 1.29 is 9.18 Å². The van der Waals surface area contributed by atoms with Gasteiger partial charge in [-0.1, -0.05) is 6.07 Å². The third kappa shape index (κ3) is 1.98. The molecule has 1 saturated carbocycles. The van der Waals surface area contributed by atoms with Gasteiger partial charge in [0.05, 0.1) is 0 Å². The van der Waals surface area contributed by atoms with Gasteiger partial charge in [0.15, 0.2) is 0 Å². The Labute approximate surface area is 87.9 Å². The Kier molecular flexibility index (Phi) is 2.66. The predicted molar refractivity (Wildman–Crippen MR) is 53.9 cm³/mol. The highest BCUT2D eigenvalue weighted by Gasteiger charge is 2.26. The van der Waals surface area contributed by atoms with Gasteiger partial charge in [0.1, 0.15) is 5.69 Å². The number of carbonyl (C=O) groups excluding carboxylic acids is 1. The first-order valence-electron chi connectivity index (χ1n) is 5.08. The molecule has 3 nitrogen and oxygen atoms in total. The number of nitrogens with zero attached hydrogens (tertiary/aromatic N) is 2. The molecule has 1 aromatic heterocycles. The van der Waals surface area contributed by atoms with Crippen LogP contribution in [0.2, 0.25) is 0 Å². The molecular weight excluding hydrogens is 195 g/mol. The van der Waals surface area contributed by atoms with Crippen LogP contribution in [0.1, 0.15) is 29.8 Å². The molecule has 1 aliphatic rings. The van der Waals surface area contributed by atoms with Crippen LogP contribution in [0.15, 0.2) is 18.2 Å². The highest BCUT2D eigenvalue weighted by Crippen LogP contribution is 2.24. The SMILES string of the molecule is CN(C(=O)c1cccc(F)n1)C1CCC1. The van der Waals surface area contributed by atoms with Crippen molar-refractivity contribution in [2.24, 2.45) is 0 Å². The first-order chi connectivity index (χ1) is 7.18. The van der Waals surface area contributed by atoms with Crippen LogP contribution in [0.3, 0.4) is 0 Å². The van der Waals surface area contributed by atoms with E-state index in [1.807, 2.05) is 0 Å². The normalized spacial score (nSPS) is 15.9. The molecule has 2 rings (SSSR count). The Morgan fingerprint density at radius 2 is 2.27 bits per heavy atom. The average molecular weight is 208 g/mol. The Morgan fingerprint density at radius 1 is 1.53 bits per heavy atom. The van der Waals surface area contributed by atoms with Crippen LogP contribution < -0.4 is 0 Å². The van der Waals surface area contributed by atoms with Gasteiger partial charge in [-0.15, -0.1) is 0 Å². The largest absolute Gasteiger partial charge is 0.337 e. The smallest absolute Gasteiger partial charge is 0.272 e. The number of hydrogen-bond acceptors (Lipinski definition) is 2. The molecule has 0 saturated heterocycles. The van der Waals surface area contributed by atoms with Crippen molar-refractivity contribution in [2.75, 3.05) is 7.05 Å². The van der Waals surface area contributed by atoms with E-state index in [0.29, 0.717) is 6.04 Å². The monoisotopic (exact) mass is 208 g/mol. The first kappa shape index (κ1) is 10.1. The average Bonchev–Trinajstić information content (AvgIpc) is 2.14. The molecule has 0 atom stereocenters. The summed E-state index contributed by atoms with van der Waals surface area (Å²) in [4.78, 5) is 17.1. The fraction of sp³-hybridized carbons (Fsp3) is 0.455. The van der Waals surface area contributed by atoms with Crippen LogP contribution in [0.25, 0.3) is 0 Å². The Morgan fingerprint density at radius 3 is 2.80 bits per heavy atom. The second-order valence-corrected chi connectivity index (χ2v) is 3.85. The minimum Gasteiger partial charge on any atom is -0.337 e. The summed E-state index contributed by atoms with van der Waals surface area (Å²) in [5, 5.41) is 0. The van der Waals surface area contributed by atoms with Gasteiger partial charge in [0.2, 0.25) is 5.95 Å². The van der Waals surface area contributed by atoms with Gasteiger partial charge in [-0.3, -0.25) is 4.79 Å². The molecular formula is C11H13FN2O. The fourth-order valence-corrected chi connectivity index (χ4v) is 1.65. The molecule has 4 heteroatoms. The number of hydrogen-bond donors (Lipinski definition) is 0. The maximum atomic E-state index is 12.8. The predicted octanol–water partition coefficient (Wildman–Crippen LogP) is 1.85. The van der Waals surface area contributed by atoms with Gasteiger partial charge in [-0.05, 0) is 31.4 Å². The van der Waals surface area contributed by atoms with Crippen molar-refractivity contribution in [3.63, 3.8) is 0 Å². The van der Waals surface area contributed by atoms with E-state index in [-0.39, 0.29) is 11.6 Å². The molecule has 1 amide bonds. The highest BCUT2D eigenvalue weighted by molar-refractivity contribution is 5.92. The maximum absolute atomic E-state index is 12.8. The van der Waals surface area contributed by atoms with E-state index in [9.17, 15) is 9.18 Å². The summed E-state index contributed by atoms with van der Waals surface area (Å²) < 4.78 is 12.8. The Balaban J connectivity index is 2.12. The molecule has 1 aliphatic carbocycles. The van der Waals surface area contributed by atoms with E-state index in [1.165, 1.54) is 18.6 Å². The molecule has 15 heavy (non-hydrogen) atoms. The molecule has 1 fully saturated rings. The van der Waals surface area contributed by atoms with E-state index in [1.54, 1.807) is 18.0 Å². The molecule has 1 aromatic rings. The Bertz CT molecular complexity index is 377. The topological polar surface area (TPSA) is 33.2 Å². The third-order valence-corrected chi connectivity index (χ3v) is 2.88. The van der Waals surface area contributed by atoms with Crippen molar-refractivity contribution in [1.29, 1.82) is 0 Å². The molecule has 0 N–H and O–H groups in total. The van der Waals surface area contributed by atoms with Crippen LogP contribution in [0.5, 0.6) is 0 Å². The minimum absolute atomic E-state index is 0.185. The van der Waals surface area contributed by atoms with Crippen LogP contribution in [-0.2, 0) is 0 Å². The fourth-order valence-electron chi connectivity index (χ4n) is 1.65. The summed E-state index contributed by atoms with van der Waals surface area (Å²) in [6.07, 6.45) is 3.24. The van der Waals surface area contributed by atoms with E-state index in [0.717, 1.165) is 12.8 Å². The van der Waals surface area contributed by atoms with Crippen molar-refractivity contribution in [2.45, 2.75) is 25.3 Å². The standard InChI is InChI=1S/C11H13FN2O/c1-14(8-4-2-5-8)11(15)9-6-3-7-10(12)13-9/h3,6-8H,2,4-5H2,1H3. The number of carbonyl (C=O) groups is 1. The summed E-state index contributed by atoms with van der Waals surface area (Å²) in [6.45, 7) is 0. The van der Waals surface area contributed by atoms with Crippen LogP contribution in [-0.4, -0.2) is 28.9 Å². The van der Waals surface area contributed by atoms with E-state index >= 15 is 0 Å². The number of pyridine rings is 1. The number of amides is 1. The lowest BCUT2D eigenvalue weighted by atomic mass is 9.92. The zero-order chi connectivity index (χ0) is 10.8. The second-order valence-electron chi connectivity index (χ2n) is 3.85. The maximum Gasteiger partial charge on any atom is 0.272 e. The van der Waals surface area contributed by atoms with Crippen LogP contribution >= 0.6 is 0 Å². The van der Waals surface area contributed by atoms with E-state index in [2.05, 4.69) is 4.98 Å². The molecule has 0 aromatic carbocycles. The van der Waals surface area contributed by atoms with Gasteiger partial charge in [-0.2, -0.15) is 4.39 Å². The lowest BCUT2D eigenvalue weighted by Gasteiger charge is -2.34. The van der Waals surface area contributed by atoms with E-state index < -0.39 is 5.95 Å². The van der Waals surface area contributed by atoms with Crippen LogP contribution in [0.4, 0.5) is 4.39 Å². The van der Waals surface area contributed by atoms with Gasteiger partial charge in [0, 0.05) is 13.1 Å². The summed E-state index contributed by atoms with van der Waals surface area (Å²) in [7, 11) is 1.75. The van der Waals surface area contributed by atoms with Crippen LogP contribution in [0, 0.1) is 5.95 Å². The van der Waals surface area contributed by atoms with Gasteiger partial charge >= 0.3 is 0 Å². The first-order valence-corrected chi connectivity index (χ1v) is 5.08. The van der Waals surface area contributed by atoms with Crippen molar-refractivity contribution >= 4 is 5.91 Å². The second kappa shape index (κ2) is 3.96. The van der Waals surface area contributed by atoms with Gasteiger partial charge in [0.25, 0.3) is 5.91 Å². The number of halogens is 1. The molecule has 0 bridgehead atoms. The van der Waals surface area contributed by atoms with Crippen molar-refractivity contribution in [3.05, 3.63) is 29.8 Å². The lowest BCUT2D eigenvalue weighted by molar-refractivity contribution is 0.0645. The zero-order valence-corrected chi connectivity index (χ0v) is 8.61. The summed E-state index contributed by atoms with van der Waals surface area (Å²) in [5.74, 6) is -0.804. The molecule has 0 aliphatic heterocycles. The number of aromatic nitrogens is 1. The summed E-state index contributed by atoms with van der Waals surface area (Å²) >= 11 is 0. The van der Waals surface area contributed by atoms with Gasteiger partial charge in [-0.25, -0.2) is 4.98 Å². The summed E-state index contributed by atoms with van der Waals surface area (Å²) in [5.41, 5.74) is 0.185.